The van der Waals surface area contributed by atoms with Crippen molar-refractivity contribution in [3.05, 3.63) is 40.1 Å². The van der Waals surface area contributed by atoms with Crippen LogP contribution in [0.25, 0.3) is 0 Å². The van der Waals surface area contributed by atoms with Gasteiger partial charge in [-0.3, -0.25) is 0 Å². The molecule has 0 aliphatic rings. The molecule has 19 heavy (non-hydrogen) atoms. The van der Waals surface area contributed by atoms with Crippen molar-refractivity contribution >= 4 is 27.0 Å². The van der Waals surface area contributed by atoms with Gasteiger partial charge in [-0.15, -0.1) is 11.3 Å². The lowest BCUT2D eigenvalue weighted by Crippen LogP contribution is -2.24. The van der Waals surface area contributed by atoms with E-state index in [1.54, 1.807) is 5.38 Å². The molecular formula is C11H12FN3O2S2. The Morgan fingerprint density at radius 1 is 1.47 bits per heavy atom. The number of anilines is 1. The van der Waals surface area contributed by atoms with E-state index in [9.17, 15) is 12.8 Å². The smallest absolute Gasteiger partial charge is 0.243 e. The molecule has 0 saturated carbocycles. The molecular weight excluding hydrogens is 289 g/mol. The Morgan fingerprint density at radius 3 is 2.84 bits per heavy atom. The molecule has 0 fully saturated rings. The molecule has 5 nitrogen and oxygen atoms in total. The van der Waals surface area contributed by atoms with Gasteiger partial charge < -0.3 is 5.73 Å². The highest BCUT2D eigenvalue weighted by Gasteiger charge is 2.19. The van der Waals surface area contributed by atoms with Gasteiger partial charge in [0.05, 0.1) is 17.2 Å². The van der Waals surface area contributed by atoms with Crippen LogP contribution in [0, 0.1) is 12.7 Å². The summed E-state index contributed by atoms with van der Waals surface area (Å²) >= 11 is 1.42. The lowest BCUT2D eigenvalue weighted by atomic mass is 10.3. The minimum absolute atomic E-state index is 0.0148. The second-order valence-electron chi connectivity index (χ2n) is 3.87. The van der Waals surface area contributed by atoms with Crippen LogP contribution in [0.15, 0.2) is 28.5 Å². The topological polar surface area (TPSA) is 85.1 Å². The van der Waals surface area contributed by atoms with Gasteiger partial charge in [-0.2, -0.15) is 0 Å². The predicted molar refractivity (Wildman–Crippen MR) is 71.7 cm³/mol. The van der Waals surface area contributed by atoms with Gasteiger partial charge in [0.25, 0.3) is 0 Å². The summed E-state index contributed by atoms with van der Waals surface area (Å²) in [6, 6.07) is 3.42. The lowest BCUT2D eigenvalue weighted by Gasteiger charge is -2.07. The monoisotopic (exact) mass is 301 g/mol. The molecule has 1 aromatic carbocycles. The largest absolute Gasteiger partial charge is 0.399 e. The highest BCUT2D eigenvalue weighted by atomic mass is 32.2. The second kappa shape index (κ2) is 5.24. The second-order valence-corrected chi connectivity index (χ2v) is 6.67. The van der Waals surface area contributed by atoms with E-state index in [1.807, 2.05) is 6.92 Å². The molecule has 8 heteroatoms. The van der Waals surface area contributed by atoms with Crippen LogP contribution in [-0.4, -0.2) is 13.4 Å². The molecule has 3 N–H and O–H groups in total. The Kier molecular flexibility index (Phi) is 3.83. The maximum Gasteiger partial charge on any atom is 0.243 e. The van der Waals surface area contributed by atoms with Crippen LogP contribution in [-0.2, 0) is 16.6 Å². The normalized spacial score (nSPS) is 11.7. The minimum Gasteiger partial charge on any atom is -0.399 e. The third-order valence-corrected chi connectivity index (χ3v) is 4.59. The van der Waals surface area contributed by atoms with Gasteiger partial charge in [0.2, 0.25) is 10.0 Å². The number of benzene rings is 1. The molecule has 1 aromatic heterocycles. The zero-order chi connectivity index (χ0) is 14.0. The first kappa shape index (κ1) is 13.9. The molecule has 0 aliphatic heterocycles. The molecule has 0 aliphatic carbocycles. The van der Waals surface area contributed by atoms with Crippen LogP contribution in [0.1, 0.15) is 10.7 Å². The Hall–Kier alpha value is -1.51. The Morgan fingerprint density at radius 2 is 2.21 bits per heavy atom. The summed E-state index contributed by atoms with van der Waals surface area (Å²) < 4.78 is 39.7. The molecule has 2 aromatic rings. The van der Waals surface area contributed by atoms with E-state index in [0.717, 1.165) is 17.1 Å². The average molecular weight is 301 g/mol. The molecule has 0 amide bonds. The van der Waals surface area contributed by atoms with Crippen molar-refractivity contribution in [2.45, 2.75) is 18.4 Å². The van der Waals surface area contributed by atoms with Crippen molar-refractivity contribution in [2.24, 2.45) is 0 Å². The van der Waals surface area contributed by atoms with Gasteiger partial charge in [0.1, 0.15) is 10.7 Å². The van der Waals surface area contributed by atoms with Crippen LogP contribution in [0.5, 0.6) is 0 Å². The van der Waals surface area contributed by atoms with E-state index in [-0.39, 0.29) is 12.2 Å². The highest BCUT2D eigenvalue weighted by Crippen LogP contribution is 2.18. The first-order valence-corrected chi connectivity index (χ1v) is 7.70. The Bertz CT molecular complexity index is 698. The summed E-state index contributed by atoms with van der Waals surface area (Å²) in [5.41, 5.74) is 6.24. The van der Waals surface area contributed by atoms with Crippen LogP contribution in [0.4, 0.5) is 10.1 Å². The Balaban J connectivity index is 2.20. The van der Waals surface area contributed by atoms with E-state index < -0.39 is 20.7 Å². The first-order valence-electron chi connectivity index (χ1n) is 5.34. The van der Waals surface area contributed by atoms with Crippen molar-refractivity contribution < 1.29 is 12.8 Å². The number of aromatic nitrogens is 1. The number of thiazole rings is 1. The van der Waals surface area contributed by atoms with Crippen LogP contribution < -0.4 is 10.5 Å². The summed E-state index contributed by atoms with van der Waals surface area (Å²) in [6.45, 7) is 1.83. The number of hydrogen-bond acceptors (Lipinski definition) is 5. The number of rotatable bonds is 4. The van der Waals surface area contributed by atoms with Crippen LogP contribution >= 0.6 is 11.3 Å². The third kappa shape index (κ3) is 3.28. The van der Waals surface area contributed by atoms with Crippen LogP contribution in [0.3, 0.4) is 0 Å². The quantitative estimate of drug-likeness (QED) is 0.841. The van der Waals surface area contributed by atoms with Crippen molar-refractivity contribution in [1.82, 2.24) is 9.71 Å². The van der Waals surface area contributed by atoms with Gasteiger partial charge in [-0.05, 0) is 25.1 Å². The van der Waals surface area contributed by atoms with Gasteiger partial charge in [0, 0.05) is 11.1 Å². The summed E-state index contributed by atoms with van der Waals surface area (Å²) in [7, 11) is -3.94. The first-order chi connectivity index (χ1) is 8.88. The number of nitrogens with zero attached hydrogens (tertiary/aromatic N) is 1. The molecule has 2 rings (SSSR count). The average Bonchev–Trinajstić information content (AvgIpc) is 2.76. The highest BCUT2D eigenvalue weighted by molar-refractivity contribution is 7.89. The molecule has 0 atom stereocenters. The summed E-state index contributed by atoms with van der Waals surface area (Å²) in [5, 5.41) is 2.58. The number of nitrogens with two attached hydrogens (primary N) is 1. The van der Waals surface area contributed by atoms with Gasteiger partial charge in [-0.1, -0.05) is 0 Å². The van der Waals surface area contributed by atoms with Crippen LogP contribution in [0.2, 0.25) is 0 Å². The number of nitrogen functional groups attached to an aromatic ring is 1. The summed E-state index contributed by atoms with van der Waals surface area (Å²) in [5.74, 6) is -0.837. The predicted octanol–water partition coefficient (Wildman–Crippen LogP) is 1.65. The number of sulfonamides is 1. The molecule has 0 unspecified atom stereocenters. The fourth-order valence-corrected chi connectivity index (χ4v) is 3.18. The van der Waals surface area contributed by atoms with Crippen molar-refractivity contribution in [3.8, 4) is 0 Å². The fourth-order valence-electron chi connectivity index (χ4n) is 1.46. The fraction of sp³-hybridized carbons (Fsp3) is 0.182. The molecule has 102 valence electrons. The minimum atomic E-state index is -3.94. The SMILES string of the molecule is Cc1nc(CNS(=O)(=O)c2cc(N)ccc2F)cs1. The number of aryl methyl sites for hydroxylation is 1. The third-order valence-electron chi connectivity index (χ3n) is 2.35. The maximum atomic E-state index is 13.5. The van der Waals surface area contributed by atoms with Crippen molar-refractivity contribution in [3.63, 3.8) is 0 Å². The van der Waals surface area contributed by atoms with Gasteiger partial charge in [-0.25, -0.2) is 22.5 Å². The van der Waals surface area contributed by atoms with Gasteiger partial charge >= 0.3 is 0 Å². The molecule has 0 bridgehead atoms. The van der Waals surface area contributed by atoms with E-state index in [1.165, 1.54) is 17.4 Å². The zero-order valence-electron chi connectivity index (χ0n) is 10.1. The zero-order valence-corrected chi connectivity index (χ0v) is 11.7. The van der Waals surface area contributed by atoms with Crippen molar-refractivity contribution in [2.75, 3.05) is 5.73 Å². The lowest BCUT2D eigenvalue weighted by molar-refractivity contribution is 0.556. The molecule has 1 heterocycles. The number of nitrogens with one attached hydrogen (secondary N) is 1. The summed E-state index contributed by atoms with van der Waals surface area (Å²) in [4.78, 5) is 3.66. The molecule has 0 spiro atoms. The molecule has 0 saturated heterocycles. The van der Waals surface area contributed by atoms with E-state index in [4.69, 9.17) is 5.73 Å². The Labute approximate surface area is 114 Å². The molecule has 0 radical (unpaired) electrons. The van der Waals surface area contributed by atoms with E-state index >= 15 is 0 Å². The number of hydrogen-bond donors (Lipinski definition) is 2. The van der Waals surface area contributed by atoms with Gasteiger partial charge in [0.15, 0.2) is 0 Å². The maximum absolute atomic E-state index is 13.5. The standard InChI is InChI=1S/C11H12FN3O2S2/c1-7-15-9(6-18-7)5-14-19(16,17)11-4-8(13)2-3-10(11)12/h2-4,6,14H,5,13H2,1H3. The van der Waals surface area contributed by atoms with Crippen molar-refractivity contribution in [1.29, 1.82) is 0 Å². The summed E-state index contributed by atoms with van der Waals surface area (Å²) in [6.07, 6.45) is 0. The number of halogens is 1. The van der Waals surface area contributed by atoms with E-state index in [0.29, 0.717) is 5.69 Å². The van der Waals surface area contributed by atoms with E-state index in [2.05, 4.69) is 9.71 Å².